The molecular formula is C15H19ClFN3. The lowest BCUT2D eigenvalue weighted by molar-refractivity contribution is 0.492. The first-order chi connectivity index (χ1) is 9.70. The topological polar surface area (TPSA) is 27.6 Å². The predicted molar refractivity (Wildman–Crippen MR) is 79.9 cm³/mol. The fraction of sp³-hybridized carbons (Fsp3) is 0.533. The first kappa shape index (κ1) is 13.7. The molecule has 0 bridgehead atoms. The van der Waals surface area contributed by atoms with E-state index in [1.54, 1.807) is 19.2 Å². The molecule has 1 aromatic carbocycles. The third-order valence-electron chi connectivity index (χ3n) is 4.09. The molecule has 1 saturated heterocycles. The van der Waals surface area contributed by atoms with Gasteiger partial charge in [0.25, 0.3) is 0 Å². The van der Waals surface area contributed by atoms with Crippen molar-refractivity contribution in [3.63, 3.8) is 0 Å². The number of benzene rings is 1. The van der Waals surface area contributed by atoms with Gasteiger partial charge >= 0.3 is 0 Å². The van der Waals surface area contributed by atoms with Crippen LogP contribution in [0.25, 0.3) is 0 Å². The van der Waals surface area contributed by atoms with Gasteiger partial charge < -0.3 is 10.2 Å². The molecule has 0 aromatic heterocycles. The molecule has 1 aliphatic heterocycles. The summed E-state index contributed by atoms with van der Waals surface area (Å²) in [4.78, 5) is 6.59. The Morgan fingerprint density at radius 3 is 2.80 bits per heavy atom. The summed E-state index contributed by atoms with van der Waals surface area (Å²) in [6, 6.07) is 5.12. The molecule has 2 aliphatic rings. The van der Waals surface area contributed by atoms with Crippen LogP contribution in [-0.4, -0.2) is 37.0 Å². The van der Waals surface area contributed by atoms with Crippen molar-refractivity contribution in [1.82, 2.24) is 10.2 Å². The second-order valence-corrected chi connectivity index (χ2v) is 5.88. The number of halogens is 2. The quantitative estimate of drug-likeness (QED) is 0.671. The number of nitrogens with one attached hydrogen (secondary N) is 1. The van der Waals surface area contributed by atoms with E-state index >= 15 is 0 Å². The van der Waals surface area contributed by atoms with Crippen molar-refractivity contribution in [2.24, 2.45) is 4.99 Å². The van der Waals surface area contributed by atoms with Crippen LogP contribution in [0.1, 0.15) is 30.7 Å². The molecule has 5 heteroatoms. The van der Waals surface area contributed by atoms with E-state index < -0.39 is 0 Å². The third-order valence-corrected chi connectivity index (χ3v) is 4.42. The number of nitrogens with zero attached hydrogens (tertiary/aromatic N) is 2. The molecule has 3 rings (SSSR count). The van der Waals surface area contributed by atoms with E-state index in [9.17, 15) is 4.39 Å². The highest BCUT2D eigenvalue weighted by atomic mass is 35.5. The molecule has 3 nitrogen and oxygen atoms in total. The van der Waals surface area contributed by atoms with Crippen molar-refractivity contribution >= 4 is 17.6 Å². The molecule has 108 valence electrons. The molecule has 1 saturated carbocycles. The molecule has 2 atom stereocenters. The molecule has 0 radical (unpaired) electrons. The summed E-state index contributed by atoms with van der Waals surface area (Å²) in [5, 5.41) is 3.96. The first-order valence-electron chi connectivity index (χ1n) is 7.13. The van der Waals surface area contributed by atoms with Gasteiger partial charge in [0.15, 0.2) is 5.96 Å². The van der Waals surface area contributed by atoms with Crippen LogP contribution < -0.4 is 5.32 Å². The predicted octanol–water partition coefficient (Wildman–Crippen LogP) is 3.01. The zero-order chi connectivity index (χ0) is 14.1. The van der Waals surface area contributed by atoms with Gasteiger partial charge in [-0.05, 0) is 31.4 Å². The van der Waals surface area contributed by atoms with Crippen molar-refractivity contribution in [2.75, 3.05) is 20.1 Å². The maximum Gasteiger partial charge on any atom is 0.193 e. The van der Waals surface area contributed by atoms with Crippen LogP contribution in [0.15, 0.2) is 23.2 Å². The minimum Gasteiger partial charge on any atom is -0.353 e. The van der Waals surface area contributed by atoms with Crippen LogP contribution in [0, 0.1) is 5.82 Å². The number of hydrogen-bond acceptors (Lipinski definition) is 1. The fourth-order valence-electron chi connectivity index (χ4n) is 2.93. The molecule has 1 N–H and O–H groups in total. The normalized spacial score (nSPS) is 25.9. The summed E-state index contributed by atoms with van der Waals surface area (Å²) in [7, 11) is 1.80. The van der Waals surface area contributed by atoms with Gasteiger partial charge in [0.2, 0.25) is 0 Å². The highest BCUT2D eigenvalue weighted by molar-refractivity contribution is 6.31. The average molecular weight is 296 g/mol. The van der Waals surface area contributed by atoms with E-state index in [0.29, 0.717) is 10.6 Å². The standard InChI is InChI=1S/C15H19ClFN3/c1-18-15(20-7-2-3-8-20)19-13-9-10(13)14-11(16)5-4-6-12(14)17/h4-6,10,13H,2-3,7-9H2,1H3,(H,18,19). The first-order valence-corrected chi connectivity index (χ1v) is 7.50. The van der Waals surface area contributed by atoms with Gasteiger partial charge in [0.05, 0.1) is 0 Å². The Bertz CT molecular complexity index is 506. The summed E-state index contributed by atoms with van der Waals surface area (Å²) in [6.45, 7) is 2.11. The maximum absolute atomic E-state index is 13.9. The number of guanidine groups is 1. The Hall–Kier alpha value is -1.29. The number of rotatable bonds is 2. The van der Waals surface area contributed by atoms with Gasteiger partial charge in [-0.25, -0.2) is 4.39 Å². The van der Waals surface area contributed by atoms with E-state index in [2.05, 4.69) is 15.2 Å². The van der Waals surface area contributed by atoms with Crippen molar-refractivity contribution in [3.05, 3.63) is 34.6 Å². The maximum atomic E-state index is 13.9. The zero-order valence-corrected chi connectivity index (χ0v) is 12.3. The minimum absolute atomic E-state index is 0.156. The van der Waals surface area contributed by atoms with E-state index in [1.807, 2.05) is 0 Å². The molecule has 1 heterocycles. The summed E-state index contributed by atoms with van der Waals surface area (Å²) in [6.07, 6.45) is 3.34. The van der Waals surface area contributed by atoms with Gasteiger partial charge in [-0.1, -0.05) is 17.7 Å². The van der Waals surface area contributed by atoms with Crippen molar-refractivity contribution in [1.29, 1.82) is 0 Å². The van der Waals surface area contributed by atoms with Crippen LogP contribution in [0.3, 0.4) is 0 Å². The fourth-order valence-corrected chi connectivity index (χ4v) is 3.23. The lowest BCUT2D eigenvalue weighted by Crippen LogP contribution is -2.41. The van der Waals surface area contributed by atoms with Gasteiger partial charge in [-0.2, -0.15) is 0 Å². The number of aliphatic imine (C=N–C) groups is 1. The van der Waals surface area contributed by atoms with Gasteiger partial charge in [-0.3, -0.25) is 4.99 Å². The minimum atomic E-state index is -0.206. The van der Waals surface area contributed by atoms with Crippen LogP contribution >= 0.6 is 11.6 Å². The summed E-state index contributed by atoms with van der Waals surface area (Å²) in [5.41, 5.74) is 0.642. The van der Waals surface area contributed by atoms with Gasteiger partial charge in [0, 0.05) is 42.7 Å². The van der Waals surface area contributed by atoms with Crippen LogP contribution in [0.5, 0.6) is 0 Å². The zero-order valence-electron chi connectivity index (χ0n) is 11.6. The molecule has 20 heavy (non-hydrogen) atoms. The Balaban J connectivity index is 1.67. The van der Waals surface area contributed by atoms with Crippen LogP contribution in [0.4, 0.5) is 4.39 Å². The lowest BCUT2D eigenvalue weighted by atomic mass is 10.1. The molecular weight excluding hydrogens is 277 g/mol. The van der Waals surface area contributed by atoms with E-state index in [1.165, 1.54) is 18.9 Å². The van der Waals surface area contributed by atoms with E-state index in [-0.39, 0.29) is 17.8 Å². The molecule has 1 aromatic rings. The van der Waals surface area contributed by atoms with Gasteiger partial charge in [0.1, 0.15) is 5.82 Å². The Kier molecular flexibility index (Phi) is 3.83. The summed E-state index contributed by atoms with van der Waals surface area (Å²) < 4.78 is 13.9. The van der Waals surface area contributed by atoms with Gasteiger partial charge in [-0.15, -0.1) is 0 Å². The largest absolute Gasteiger partial charge is 0.353 e. The molecule has 1 aliphatic carbocycles. The monoisotopic (exact) mass is 295 g/mol. The molecule has 0 amide bonds. The van der Waals surface area contributed by atoms with Crippen molar-refractivity contribution < 1.29 is 4.39 Å². The highest BCUT2D eigenvalue weighted by Crippen LogP contribution is 2.45. The van der Waals surface area contributed by atoms with E-state index in [4.69, 9.17) is 11.6 Å². The lowest BCUT2D eigenvalue weighted by Gasteiger charge is -2.21. The molecule has 2 unspecified atom stereocenters. The Morgan fingerprint density at radius 1 is 1.40 bits per heavy atom. The number of hydrogen-bond donors (Lipinski definition) is 1. The SMILES string of the molecule is CN=C(NC1CC1c1c(F)cccc1Cl)N1CCCC1. The summed E-state index contributed by atoms with van der Waals surface area (Å²) >= 11 is 6.12. The molecule has 0 spiro atoms. The van der Waals surface area contributed by atoms with Crippen LogP contribution in [0.2, 0.25) is 5.02 Å². The van der Waals surface area contributed by atoms with Crippen molar-refractivity contribution in [2.45, 2.75) is 31.2 Å². The third kappa shape index (κ3) is 2.62. The second kappa shape index (κ2) is 5.60. The highest BCUT2D eigenvalue weighted by Gasteiger charge is 2.42. The van der Waals surface area contributed by atoms with E-state index in [0.717, 1.165) is 25.5 Å². The average Bonchev–Trinajstić information content (AvgIpc) is 2.96. The summed E-state index contributed by atoms with van der Waals surface area (Å²) in [5.74, 6) is 0.883. The van der Waals surface area contributed by atoms with Crippen molar-refractivity contribution in [3.8, 4) is 0 Å². The molecule has 2 fully saturated rings. The Morgan fingerprint density at radius 2 is 2.15 bits per heavy atom. The smallest absolute Gasteiger partial charge is 0.193 e. The number of likely N-dealkylation sites (tertiary alicyclic amines) is 1. The Labute approximate surface area is 123 Å². The van der Waals surface area contributed by atoms with Crippen LogP contribution in [-0.2, 0) is 0 Å². The second-order valence-electron chi connectivity index (χ2n) is 5.47.